The molecule has 1 aliphatic rings. The Kier molecular flexibility index (Phi) is 8.44. The van der Waals surface area contributed by atoms with Gasteiger partial charge in [0, 0.05) is 31.7 Å². The van der Waals surface area contributed by atoms with Crippen LogP contribution in [0.15, 0.2) is 48.5 Å². The van der Waals surface area contributed by atoms with Gasteiger partial charge in [-0.3, -0.25) is 14.5 Å². The molecular formula is C24H31N3O4. The largest absolute Gasteiger partial charge is 0.494 e. The summed E-state index contributed by atoms with van der Waals surface area (Å²) in [6, 6.07) is 15.0. The summed E-state index contributed by atoms with van der Waals surface area (Å²) in [5.41, 5.74) is 2.70. The predicted octanol–water partition coefficient (Wildman–Crippen LogP) is 2.09. The quantitative estimate of drug-likeness (QED) is 0.572. The first kappa shape index (κ1) is 22.8. The number of nitrogens with zero attached hydrogens (tertiary/aromatic N) is 1. The third kappa shape index (κ3) is 7.38. The van der Waals surface area contributed by atoms with Gasteiger partial charge in [0.15, 0.2) is 0 Å². The monoisotopic (exact) mass is 425 g/mol. The van der Waals surface area contributed by atoms with Crippen LogP contribution < -0.4 is 15.4 Å². The zero-order chi connectivity index (χ0) is 22.1. The Labute approximate surface area is 183 Å². The molecule has 0 atom stereocenters. The van der Waals surface area contributed by atoms with Crippen molar-refractivity contribution < 1.29 is 19.4 Å². The third-order valence-electron chi connectivity index (χ3n) is 5.31. The highest BCUT2D eigenvalue weighted by Crippen LogP contribution is 2.14. The molecule has 0 saturated carbocycles. The lowest BCUT2D eigenvalue weighted by molar-refractivity contribution is -0.120. The van der Waals surface area contributed by atoms with Crippen molar-refractivity contribution in [3.05, 3.63) is 65.2 Å². The molecule has 0 radical (unpaired) electrons. The molecular weight excluding hydrogens is 394 g/mol. The van der Waals surface area contributed by atoms with Crippen molar-refractivity contribution in [3.8, 4) is 5.75 Å². The Morgan fingerprint density at radius 3 is 2.29 bits per heavy atom. The second-order valence-corrected chi connectivity index (χ2v) is 7.74. The second-order valence-electron chi connectivity index (χ2n) is 7.74. The van der Waals surface area contributed by atoms with E-state index in [9.17, 15) is 14.7 Å². The summed E-state index contributed by atoms with van der Waals surface area (Å²) in [6.07, 6.45) is 1.51. The molecule has 7 nitrogen and oxygen atoms in total. The van der Waals surface area contributed by atoms with Crippen LogP contribution in [-0.2, 0) is 17.9 Å². The fraction of sp³-hybridized carbons (Fsp3) is 0.417. The highest BCUT2D eigenvalue weighted by molar-refractivity contribution is 5.96. The molecule has 1 heterocycles. The average Bonchev–Trinajstić information content (AvgIpc) is 2.79. The summed E-state index contributed by atoms with van der Waals surface area (Å²) in [4.78, 5) is 26.6. The fourth-order valence-corrected chi connectivity index (χ4v) is 3.49. The first-order valence-electron chi connectivity index (χ1n) is 10.8. The summed E-state index contributed by atoms with van der Waals surface area (Å²) < 4.78 is 5.35. The van der Waals surface area contributed by atoms with Crippen LogP contribution in [0.25, 0.3) is 0 Å². The highest BCUT2D eigenvalue weighted by Gasteiger charge is 2.16. The van der Waals surface area contributed by atoms with Crippen LogP contribution >= 0.6 is 0 Å². The van der Waals surface area contributed by atoms with E-state index in [4.69, 9.17) is 4.74 Å². The number of carbonyl (C=O) groups is 2. The number of aliphatic hydroxyl groups excluding tert-OH is 1. The van der Waals surface area contributed by atoms with E-state index < -0.39 is 0 Å². The Morgan fingerprint density at radius 2 is 1.65 bits per heavy atom. The van der Waals surface area contributed by atoms with Gasteiger partial charge in [0.25, 0.3) is 5.91 Å². The number of benzene rings is 2. The number of hydrogen-bond acceptors (Lipinski definition) is 5. The zero-order valence-electron chi connectivity index (χ0n) is 18.0. The molecule has 0 bridgehead atoms. The Balaban J connectivity index is 1.37. The van der Waals surface area contributed by atoms with Gasteiger partial charge in [0.1, 0.15) is 5.75 Å². The number of rotatable bonds is 9. The van der Waals surface area contributed by atoms with Crippen molar-refractivity contribution in [2.75, 3.05) is 26.2 Å². The lowest BCUT2D eigenvalue weighted by atomic mass is 10.1. The van der Waals surface area contributed by atoms with Gasteiger partial charge in [0.05, 0.1) is 19.3 Å². The maximum absolute atomic E-state index is 12.2. The van der Waals surface area contributed by atoms with Crippen molar-refractivity contribution in [2.24, 2.45) is 0 Å². The van der Waals surface area contributed by atoms with Gasteiger partial charge in [-0.2, -0.15) is 0 Å². The van der Waals surface area contributed by atoms with E-state index in [1.807, 2.05) is 19.1 Å². The molecule has 2 aromatic rings. The summed E-state index contributed by atoms with van der Waals surface area (Å²) in [5, 5.41) is 15.1. The Morgan fingerprint density at radius 1 is 1.00 bits per heavy atom. The lowest BCUT2D eigenvalue weighted by Crippen LogP contribution is -2.36. The van der Waals surface area contributed by atoms with Crippen LogP contribution in [0.4, 0.5) is 0 Å². The second kappa shape index (κ2) is 11.5. The van der Waals surface area contributed by atoms with Gasteiger partial charge in [0.2, 0.25) is 5.91 Å². The summed E-state index contributed by atoms with van der Waals surface area (Å²) in [6.45, 7) is 5.51. The number of aliphatic hydroxyl groups is 1. The van der Waals surface area contributed by atoms with Crippen LogP contribution in [0, 0.1) is 0 Å². The van der Waals surface area contributed by atoms with E-state index in [0.29, 0.717) is 24.5 Å². The number of likely N-dealkylation sites (tertiary alicyclic amines) is 1. The Bertz CT molecular complexity index is 844. The van der Waals surface area contributed by atoms with Gasteiger partial charge >= 0.3 is 0 Å². The van der Waals surface area contributed by atoms with Gasteiger partial charge in [-0.05, 0) is 55.2 Å². The normalized spacial score (nSPS) is 14.8. The lowest BCUT2D eigenvalue weighted by Gasteiger charge is -2.29. The summed E-state index contributed by atoms with van der Waals surface area (Å²) >= 11 is 0. The molecule has 1 saturated heterocycles. The molecule has 2 aromatic carbocycles. The number of nitrogens with one attached hydrogen (secondary N) is 2. The predicted molar refractivity (Wildman–Crippen MR) is 119 cm³/mol. The minimum atomic E-state index is -0.298. The summed E-state index contributed by atoms with van der Waals surface area (Å²) in [5.74, 6) is 0.167. The molecule has 0 aromatic heterocycles. The SMILES string of the molecule is CCOc1ccc(C(=O)NCC(=O)NCc2ccc(CN3CCC(O)CC3)cc2)cc1. The molecule has 3 rings (SSSR count). The number of ether oxygens (including phenoxy) is 1. The molecule has 0 unspecified atom stereocenters. The standard InChI is InChI=1S/C24H31N3O4/c1-2-31-22-9-7-20(8-10-22)24(30)26-16-23(29)25-15-18-3-5-19(6-4-18)17-27-13-11-21(28)12-14-27/h3-10,21,28H,2,11-17H2,1H3,(H,25,29)(H,26,30). The average molecular weight is 426 g/mol. The van der Waals surface area contributed by atoms with Gasteiger partial charge in [-0.1, -0.05) is 24.3 Å². The van der Waals surface area contributed by atoms with Gasteiger partial charge in [-0.25, -0.2) is 0 Å². The van der Waals surface area contributed by atoms with Crippen LogP contribution in [0.5, 0.6) is 5.75 Å². The molecule has 0 aliphatic carbocycles. The number of hydrogen-bond donors (Lipinski definition) is 3. The molecule has 31 heavy (non-hydrogen) atoms. The van der Waals surface area contributed by atoms with Gasteiger partial charge in [-0.15, -0.1) is 0 Å². The van der Waals surface area contributed by atoms with Crippen molar-refractivity contribution in [1.82, 2.24) is 15.5 Å². The molecule has 1 aliphatic heterocycles. The Hall–Kier alpha value is -2.90. The van der Waals surface area contributed by atoms with Crippen molar-refractivity contribution in [2.45, 2.75) is 39.0 Å². The van der Waals surface area contributed by atoms with E-state index >= 15 is 0 Å². The van der Waals surface area contributed by atoms with E-state index in [-0.39, 0.29) is 24.5 Å². The van der Waals surface area contributed by atoms with Crippen molar-refractivity contribution >= 4 is 11.8 Å². The molecule has 3 N–H and O–H groups in total. The molecule has 0 spiro atoms. The number of piperidine rings is 1. The molecule has 7 heteroatoms. The third-order valence-corrected chi connectivity index (χ3v) is 5.31. The van der Waals surface area contributed by atoms with E-state index in [2.05, 4.69) is 27.7 Å². The smallest absolute Gasteiger partial charge is 0.251 e. The van der Waals surface area contributed by atoms with Crippen molar-refractivity contribution in [1.29, 1.82) is 0 Å². The van der Waals surface area contributed by atoms with E-state index in [1.54, 1.807) is 24.3 Å². The van der Waals surface area contributed by atoms with Gasteiger partial charge < -0.3 is 20.5 Å². The van der Waals surface area contributed by atoms with Crippen LogP contribution in [-0.4, -0.2) is 54.2 Å². The minimum Gasteiger partial charge on any atom is -0.494 e. The first-order chi connectivity index (χ1) is 15.0. The molecule has 166 valence electrons. The maximum atomic E-state index is 12.2. The molecule has 2 amide bonds. The van der Waals surface area contributed by atoms with Crippen LogP contribution in [0.2, 0.25) is 0 Å². The van der Waals surface area contributed by atoms with E-state index in [0.717, 1.165) is 38.0 Å². The maximum Gasteiger partial charge on any atom is 0.251 e. The topological polar surface area (TPSA) is 90.9 Å². The highest BCUT2D eigenvalue weighted by atomic mass is 16.5. The molecule has 1 fully saturated rings. The fourth-order valence-electron chi connectivity index (χ4n) is 3.49. The summed E-state index contributed by atoms with van der Waals surface area (Å²) in [7, 11) is 0. The number of carbonyl (C=O) groups excluding carboxylic acids is 2. The minimum absolute atomic E-state index is 0.0784. The van der Waals surface area contributed by atoms with E-state index in [1.165, 1.54) is 5.56 Å². The van der Waals surface area contributed by atoms with Crippen molar-refractivity contribution in [3.63, 3.8) is 0 Å². The number of amides is 2. The van der Waals surface area contributed by atoms with Crippen LogP contribution in [0.3, 0.4) is 0 Å². The first-order valence-corrected chi connectivity index (χ1v) is 10.8. The van der Waals surface area contributed by atoms with Crippen LogP contribution in [0.1, 0.15) is 41.3 Å². The zero-order valence-corrected chi connectivity index (χ0v) is 18.0.